The van der Waals surface area contributed by atoms with Crippen LogP contribution in [-0.4, -0.2) is 31.6 Å². The molecular formula is C13H21Cl3N2. The Morgan fingerprint density at radius 2 is 1.72 bits per heavy atom. The maximum Gasteiger partial charge on any atom is 0.0446 e. The maximum atomic E-state index is 5.90. The van der Waals surface area contributed by atoms with Crippen LogP contribution in [0.5, 0.6) is 0 Å². The molecule has 0 aromatic heterocycles. The van der Waals surface area contributed by atoms with Crippen LogP contribution in [-0.2, 0) is 0 Å². The summed E-state index contributed by atoms with van der Waals surface area (Å²) in [4.78, 5) is 2.52. The predicted octanol–water partition coefficient (Wildman–Crippen LogP) is 3.54. The smallest absolute Gasteiger partial charge is 0.0446 e. The summed E-state index contributed by atoms with van der Waals surface area (Å²) in [6.45, 7) is 3.58. The molecule has 0 radical (unpaired) electrons. The first-order chi connectivity index (χ1) is 7.79. The van der Waals surface area contributed by atoms with E-state index in [0.29, 0.717) is 6.04 Å². The van der Waals surface area contributed by atoms with Gasteiger partial charge in [-0.3, -0.25) is 0 Å². The monoisotopic (exact) mass is 310 g/mol. The number of benzene rings is 1. The summed E-state index contributed by atoms with van der Waals surface area (Å²) in [5.74, 6) is 0. The number of nitrogens with one attached hydrogen (secondary N) is 1. The van der Waals surface area contributed by atoms with Crippen LogP contribution in [0.1, 0.15) is 24.4 Å². The highest BCUT2D eigenvalue weighted by Crippen LogP contribution is 2.19. The fourth-order valence-corrected chi connectivity index (χ4v) is 2.41. The van der Waals surface area contributed by atoms with E-state index < -0.39 is 0 Å². The highest BCUT2D eigenvalue weighted by molar-refractivity contribution is 6.30. The van der Waals surface area contributed by atoms with E-state index in [1.165, 1.54) is 31.5 Å². The molecule has 1 saturated heterocycles. The van der Waals surface area contributed by atoms with E-state index in [1.54, 1.807) is 0 Å². The van der Waals surface area contributed by atoms with Gasteiger partial charge in [-0.25, -0.2) is 0 Å². The minimum atomic E-state index is 0. The zero-order valence-electron chi connectivity index (χ0n) is 10.6. The lowest BCUT2D eigenvalue weighted by molar-refractivity contribution is 0.299. The van der Waals surface area contributed by atoms with Crippen molar-refractivity contribution in [1.29, 1.82) is 0 Å². The topological polar surface area (TPSA) is 15.3 Å². The van der Waals surface area contributed by atoms with Crippen molar-refractivity contribution in [2.75, 3.05) is 26.7 Å². The number of nitrogens with zero attached hydrogens (tertiary/aromatic N) is 1. The first-order valence-corrected chi connectivity index (χ1v) is 6.32. The maximum absolute atomic E-state index is 5.90. The van der Waals surface area contributed by atoms with E-state index in [9.17, 15) is 0 Å². The molecule has 1 aromatic rings. The number of hydrogen-bond acceptors (Lipinski definition) is 2. The molecule has 1 aliphatic heterocycles. The van der Waals surface area contributed by atoms with Crippen LogP contribution in [0, 0.1) is 0 Å². The van der Waals surface area contributed by atoms with E-state index in [4.69, 9.17) is 11.6 Å². The van der Waals surface area contributed by atoms with E-state index in [-0.39, 0.29) is 24.8 Å². The highest BCUT2D eigenvalue weighted by atomic mass is 35.5. The first kappa shape index (κ1) is 18.0. The third-order valence-electron chi connectivity index (χ3n) is 3.26. The molecule has 0 aliphatic carbocycles. The van der Waals surface area contributed by atoms with Gasteiger partial charge < -0.3 is 10.2 Å². The van der Waals surface area contributed by atoms with Gasteiger partial charge in [-0.1, -0.05) is 23.7 Å². The fourth-order valence-electron chi connectivity index (χ4n) is 2.28. The molecule has 1 aliphatic rings. The Morgan fingerprint density at radius 3 is 2.22 bits per heavy atom. The number of hydrogen-bond donors (Lipinski definition) is 1. The number of rotatable bonds is 4. The van der Waals surface area contributed by atoms with Crippen molar-refractivity contribution in [2.45, 2.75) is 18.9 Å². The van der Waals surface area contributed by atoms with Crippen LogP contribution in [0.25, 0.3) is 0 Å². The van der Waals surface area contributed by atoms with Gasteiger partial charge in [0, 0.05) is 17.6 Å². The van der Waals surface area contributed by atoms with E-state index >= 15 is 0 Å². The molecule has 1 unspecified atom stereocenters. The molecule has 0 amide bonds. The van der Waals surface area contributed by atoms with Crippen LogP contribution < -0.4 is 5.32 Å². The lowest BCUT2D eigenvalue weighted by Gasteiger charge is -2.23. The lowest BCUT2D eigenvalue weighted by Crippen LogP contribution is -2.31. The zero-order chi connectivity index (χ0) is 11.4. The third-order valence-corrected chi connectivity index (χ3v) is 3.51. The summed E-state index contributed by atoms with van der Waals surface area (Å²) in [5.41, 5.74) is 1.32. The quantitative estimate of drug-likeness (QED) is 0.915. The summed E-state index contributed by atoms with van der Waals surface area (Å²) < 4.78 is 0. The van der Waals surface area contributed by atoms with E-state index in [0.717, 1.165) is 11.6 Å². The molecule has 1 atom stereocenters. The molecule has 5 heteroatoms. The third kappa shape index (κ3) is 4.94. The van der Waals surface area contributed by atoms with E-state index in [2.05, 4.69) is 22.3 Å². The molecule has 1 N–H and O–H groups in total. The Bertz CT molecular complexity index is 324. The average molecular weight is 312 g/mol. The van der Waals surface area contributed by atoms with Gasteiger partial charge in [0.25, 0.3) is 0 Å². The summed E-state index contributed by atoms with van der Waals surface area (Å²) in [5, 5.41) is 4.19. The molecule has 2 nitrogen and oxygen atoms in total. The first-order valence-electron chi connectivity index (χ1n) is 5.94. The SMILES string of the molecule is CNC(CN1CCCC1)c1ccc(Cl)cc1.Cl.Cl. The van der Waals surface area contributed by atoms with Gasteiger partial charge >= 0.3 is 0 Å². The fraction of sp³-hybridized carbons (Fsp3) is 0.538. The van der Waals surface area contributed by atoms with Gasteiger partial charge in [0.2, 0.25) is 0 Å². The second kappa shape index (κ2) is 9.00. The van der Waals surface area contributed by atoms with Gasteiger partial charge in [-0.05, 0) is 50.7 Å². The lowest BCUT2D eigenvalue weighted by atomic mass is 10.1. The van der Waals surface area contributed by atoms with Gasteiger partial charge in [0.15, 0.2) is 0 Å². The molecule has 0 bridgehead atoms. The second-order valence-corrected chi connectivity index (χ2v) is 4.84. The molecule has 2 rings (SSSR count). The molecule has 18 heavy (non-hydrogen) atoms. The number of halogens is 3. The predicted molar refractivity (Wildman–Crippen MR) is 83.4 cm³/mol. The molecule has 1 heterocycles. The van der Waals surface area contributed by atoms with Gasteiger partial charge in [-0.15, -0.1) is 24.8 Å². The Morgan fingerprint density at radius 1 is 1.17 bits per heavy atom. The number of likely N-dealkylation sites (N-methyl/N-ethyl adjacent to an activating group) is 1. The second-order valence-electron chi connectivity index (χ2n) is 4.40. The van der Waals surface area contributed by atoms with Crippen molar-refractivity contribution in [3.05, 3.63) is 34.9 Å². The average Bonchev–Trinajstić information content (AvgIpc) is 2.80. The Labute approximate surface area is 127 Å². The number of likely N-dealkylation sites (tertiary alicyclic amines) is 1. The summed E-state index contributed by atoms with van der Waals surface area (Å²) in [7, 11) is 2.02. The Kier molecular flexibility index (Phi) is 9.01. The van der Waals surface area contributed by atoms with Crippen LogP contribution >= 0.6 is 36.4 Å². The van der Waals surface area contributed by atoms with Crippen molar-refractivity contribution >= 4 is 36.4 Å². The Hall–Kier alpha value is 0.01000. The normalized spacial score (nSPS) is 16.8. The van der Waals surface area contributed by atoms with Crippen molar-refractivity contribution in [3.8, 4) is 0 Å². The van der Waals surface area contributed by atoms with Gasteiger partial charge in [0.05, 0.1) is 0 Å². The Balaban J connectivity index is 0.00000144. The van der Waals surface area contributed by atoms with Crippen molar-refractivity contribution in [2.24, 2.45) is 0 Å². The molecular weight excluding hydrogens is 291 g/mol. The summed E-state index contributed by atoms with van der Waals surface area (Å²) >= 11 is 5.90. The van der Waals surface area contributed by atoms with E-state index in [1.807, 2.05) is 19.2 Å². The molecule has 0 spiro atoms. The molecule has 1 aromatic carbocycles. The minimum absolute atomic E-state index is 0. The van der Waals surface area contributed by atoms with Crippen LogP contribution in [0.4, 0.5) is 0 Å². The largest absolute Gasteiger partial charge is 0.312 e. The van der Waals surface area contributed by atoms with Crippen molar-refractivity contribution in [3.63, 3.8) is 0 Å². The molecule has 104 valence electrons. The zero-order valence-corrected chi connectivity index (χ0v) is 13.0. The van der Waals surface area contributed by atoms with Crippen LogP contribution in [0.3, 0.4) is 0 Å². The van der Waals surface area contributed by atoms with Gasteiger partial charge in [-0.2, -0.15) is 0 Å². The van der Waals surface area contributed by atoms with Gasteiger partial charge in [0.1, 0.15) is 0 Å². The molecule has 1 fully saturated rings. The van der Waals surface area contributed by atoms with Crippen molar-refractivity contribution < 1.29 is 0 Å². The van der Waals surface area contributed by atoms with Crippen molar-refractivity contribution in [1.82, 2.24) is 10.2 Å². The van der Waals surface area contributed by atoms with Crippen LogP contribution in [0.15, 0.2) is 24.3 Å². The summed E-state index contributed by atoms with van der Waals surface area (Å²) in [6.07, 6.45) is 2.69. The van der Waals surface area contributed by atoms with Crippen LogP contribution in [0.2, 0.25) is 5.02 Å². The molecule has 0 saturated carbocycles. The minimum Gasteiger partial charge on any atom is -0.312 e. The standard InChI is InChI=1S/C13H19ClN2.2ClH/c1-15-13(10-16-8-2-3-9-16)11-4-6-12(14)7-5-11;;/h4-7,13,15H,2-3,8-10H2,1H3;2*1H. The summed E-state index contributed by atoms with van der Waals surface area (Å²) in [6, 6.07) is 8.56. The highest BCUT2D eigenvalue weighted by Gasteiger charge is 2.17.